The molecule has 0 aliphatic rings. The third-order valence-corrected chi connectivity index (χ3v) is 1.62. The third kappa shape index (κ3) is 1.98. The van der Waals surface area contributed by atoms with Crippen molar-refractivity contribution in [1.82, 2.24) is 0 Å². The van der Waals surface area contributed by atoms with Gasteiger partial charge in [0.05, 0.1) is 6.04 Å². The Bertz CT molecular complexity index is 288. The van der Waals surface area contributed by atoms with Crippen molar-refractivity contribution in [2.45, 2.75) is 6.04 Å². The lowest BCUT2D eigenvalue weighted by atomic mass is 10.1. The van der Waals surface area contributed by atoms with Crippen LogP contribution >= 0.6 is 11.6 Å². The first-order valence-corrected chi connectivity index (χ1v) is 3.59. The van der Waals surface area contributed by atoms with E-state index in [2.05, 4.69) is 5.92 Å². The van der Waals surface area contributed by atoms with Gasteiger partial charge in [-0.2, -0.15) is 0 Å². The first-order valence-electron chi connectivity index (χ1n) is 3.21. The normalized spacial score (nSPS) is 12.1. The number of hydrogen-bond acceptors (Lipinski definition) is 1. The van der Waals surface area contributed by atoms with Gasteiger partial charge in [0, 0.05) is 5.02 Å². The van der Waals surface area contributed by atoms with E-state index < -0.39 is 0 Å². The maximum atomic E-state index is 5.72. The molecule has 2 heteroatoms. The second-order valence-corrected chi connectivity index (χ2v) is 2.64. The average molecular weight is 166 g/mol. The molecule has 1 aromatic rings. The molecule has 0 aliphatic carbocycles. The fraction of sp³-hybridized carbons (Fsp3) is 0.111. The summed E-state index contributed by atoms with van der Waals surface area (Å²) in [7, 11) is 0. The minimum Gasteiger partial charge on any atom is -0.314 e. The molecule has 0 amide bonds. The van der Waals surface area contributed by atoms with E-state index in [4.69, 9.17) is 23.8 Å². The molecule has 0 radical (unpaired) electrons. The number of rotatable bonds is 1. The first-order chi connectivity index (χ1) is 5.24. The Hall–Kier alpha value is -0.970. The van der Waals surface area contributed by atoms with Crippen molar-refractivity contribution in [2.75, 3.05) is 0 Å². The molecule has 1 nitrogen and oxygen atoms in total. The van der Waals surface area contributed by atoms with Gasteiger partial charge in [0.2, 0.25) is 0 Å². The lowest BCUT2D eigenvalue weighted by Crippen LogP contribution is -2.06. The van der Waals surface area contributed by atoms with Crippen LogP contribution in [0.15, 0.2) is 24.3 Å². The van der Waals surface area contributed by atoms with Gasteiger partial charge in [-0.05, 0) is 17.7 Å². The monoisotopic (exact) mass is 165 g/mol. The predicted octanol–water partition coefficient (Wildman–Crippen LogP) is 1.97. The topological polar surface area (TPSA) is 26.0 Å². The van der Waals surface area contributed by atoms with Crippen molar-refractivity contribution >= 4 is 11.6 Å². The third-order valence-electron chi connectivity index (χ3n) is 1.39. The molecule has 0 aliphatic heterocycles. The van der Waals surface area contributed by atoms with E-state index in [-0.39, 0.29) is 6.04 Å². The van der Waals surface area contributed by atoms with Gasteiger partial charge in [0.25, 0.3) is 0 Å². The Morgan fingerprint density at radius 3 is 2.82 bits per heavy atom. The zero-order valence-corrected chi connectivity index (χ0v) is 6.68. The largest absolute Gasteiger partial charge is 0.314 e. The lowest BCUT2D eigenvalue weighted by molar-refractivity contribution is 0.947. The molecule has 0 aromatic heterocycles. The SMILES string of the molecule is C#C[C@H](N)c1cccc(Cl)c1. The number of nitrogens with two attached hydrogens (primary N) is 1. The average Bonchev–Trinajstić information content (AvgIpc) is 2.03. The fourth-order valence-electron chi connectivity index (χ4n) is 0.796. The molecule has 0 fully saturated rings. The van der Waals surface area contributed by atoms with Gasteiger partial charge in [-0.15, -0.1) is 6.42 Å². The summed E-state index contributed by atoms with van der Waals surface area (Å²) in [6.07, 6.45) is 5.14. The first kappa shape index (κ1) is 8.13. The fourth-order valence-corrected chi connectivity index (χ4v) is 0.995. The smallest absolute Gasteiger partial charge is 0.0918 e. The van der Waals surface area contributed by atoms with E-state index in [0.29, 0.717) is 5.02 Å². The highest BCUT2D eigenvalue weighted by Gasteiger charge is 2.00. The highest BCUT2D eigenvalue weighted by atomic mass is 35.5. The van der Waals surface area contributed by atoms with E-state index in [1.54, 1.807) is 12.1 Å². The van der Waals surface area contributed by atoms with Gasteiger partial charge in [-0.1, -0.05) is 29.7 Å². The summed E-state index contributed by atoms with van der Waals surface area (Å²) >= 11 is 5.72. The van der Waals surface area contributed by atoms with E-state index >= 15 is 0 Å². The standard InChI is InChI=1S/C9H8ClN/c1-2-9(11)7-4-3-5-8(10)6-7/h1,3-6,9H,11H2/t9-/m0/s1. The van der Waals surface area contributed by atoms with E-state index in [0.717, 1.165) is 5.56 Å². The Morgan fingerprint density at radius 1 is 1.55 bits per heavy atom. The van der Waals surface area contributed by atoms with Crippen LogP contribution in [0.3, 0.4) is 0 Å². The minimum atomic E-state index is -0.353. The molecular weight excluding hydrogens is 158 g/mol. The van der Waals surface area contributed by atoms with Crippen LogP contribution in [0.2, 0.25) is 5.02 Å². The Morgan fingerprint density at radius 2 is 2.27 bits per heavy atom. The summed E-state index contributed by atoms with van der Waals surface area (Å²) in [4.78, 5) is 0. The number of benzene rings is 1. The summed E-state index contributed by atoms with van der Waals surface area (Å²) in [6, 6.07) is 6.89. The Balaban J connectivity index is 2.98. The molecule has 1 rings (SSSR count). The Labute approximate surface area is 71.2 Å². The van der Waals surface area contributed by atoms with E-state index in [1.165, 1.54) is 0 Å². The van der Waals surface area contributed by atoms with Crippen LogP contribution in [-0.2, 0) is 0 Å². The van der Waals surface area contributed by atoms with Gasteiger partial charge in [0.1, 0.15) is 0 Å². The van der Waals surface area contributed by atoms with E-state index in [1.807, 2.05) is 12.1 Å². The van der Waals surface area contributed by atoms with Crippen molar-refractivity contribution in [3.05, 3.63) is 34.9 Å². The van der Waals surface area contributed by atoms with Crippen molar-refractivity contribution in [2.24, 2.45) is 5.73 Å². The van der Waals surface area contributed by atoms with Gasteiger partial charge >= 0.3 is 0 Å². The van der Waals surface area contributed by atoms with Crippen LogP contribution in [0.4, 0.5) is 0 Å². The summed E-state index contributed by atoms with van der Waals surface area (Å²) in [5.41, 5.74) is 6.44. The maximum absolute atomic E-state index is 5.72. The highest BCUT2D eigenvalue weighted by molar-refractivity contribution is 6.30. The molecule has 0 unspecified atom stereocenters. The second kappa shape index (κ2) is 3.43. The maximum Gasteiger partial charge on any atom is 0.0918 e. The molecule has 0 spiro atoms. The van der Waals surface area contributed by atoms with Crippen LogP contribution in [0.5, 0.6) is 0 Å². The van der Waals surface area contributed by atoms with Gasteiger partial charge in [0.15, 0.2) is 0 Å². The summed E-state index contributed by atoms with van der Waals surface area (Å²) in [5, 5.41) is 0.660. The quantitative estimate of drug-likeness (QED) is 0.633. The number of terminal acetylenes is 1. The molecular formula is C9H8ClN. The van der Waals surface area contributed by atoms with Gasteiger partial charge in [-0.3, -0.25) is 0 Å². The zero-order valence-electron chi connectivity index (χ0n) is 5.92. The van der Waals surface area contributed by atoms with Gasteiger partial charge in [-0.25, -0.2) is 0 Å². The van der Waals surface area contributed by atoms with Crippen molar-refractivity contribution in [3.63, 3.8) is 0 Å². The Kier molecular flexibility index (Phi) is 2.53. The summed E-state index contributed by atoms with van der Waals surface area (Å²) < 4.78 is 0. The molecule has 0 bridgehead atoms. The minimum absolute atomic E-state index is 0.353. The highest BCUT2D eigenvalue weighted by Crippen LogP contribution is 2.14. The van der Waals surface area contributed by atoms with Crippen molar-refractivity contribution in [1.29, 1.82) is 0 Å². The van der Waals surface area contributed by atoms with Crippen molar-refractivity contribution < 1.29 is 0 Å². The molecule has 2 N–H and O–H groups in total. The molecule has 56 valence electrons. The molecule has 0 saturated heterocycles. The van der Waals surface area contributed by atoms with Crippen LogP contribution in [-0.4, -0.2) is 0 Å². The lowest BCUT2D eigenvalue weighted by Gasteiger charge is -2.03. The second-order valence-electron chi connectivity index (χ2n) is 2.20. The molecule has 11 heavy (non-hydrogen) atoms. The zero-order chi connectivity index (χ0) is 8.27. The van der Waals surface area contributed by atoms with Crippen LogP contribution in [0, 0.1) is 12.3 Å². The van der Waals surface area contributed by atoms with Gasteiger partial charge < -0.3 is 5.73 Å². The van der Waals surface area contributed by atoms with E-state index in [9.17, 15) is 0 Å². The predicted molar refractivity (Wildman–Crippen MR) is 47.2 cm³/mol. The molecule has 0 heterocycles. The molecule has 0 saturated carbocycles. The van der Waals surface area contributed by atoms with Crippen LogP contribution < -0.4 is 5.73 Å². The number of hydrogen-bond donors (Lipinski definition) is 1. The van der Waals surface area contributed by atoms with Crippen LogP contribution in [0.25, 0.3) is 0 Å². The molecule has 1 atom stereocenters. The van der Waals surface area contributed by atoms with Crippen LogP contribution in [0.1, 0.15) is 11.6 Å². The number of halogens is 1. The summed E-state index contributed by atoms with van der Waals surface area (Å²) in [6.45, 7) is 0. The van der Waals surface area contributed by atoms with Crippen molar-refractivity contribution in [3.8, 4) is 12.3 Å². The molecule has 1 aromatic carbocycles. The summed E-state index contributed by atoms with van der Waals surface area (Å²) in [5.74, 6) is 2.43.